The van der Waals surface area contributed by atoms with Crippen molar-refractivity contribution in [3.63, 3.8) is 0 Å². The first-order valence-electron chi connectivity index (χ1n) is 7.67. The summed E-state index contributed by atoms with van der Waals surface area (Å²) in [5.74, 6) is -1.68. The zero-order valence-corrected chi connectivity index (χ0v) is 13.7. The van der Waals surface area contributed by atoms with Crippen LogP contribution in [0.1, 0.15) is 32.3 Å². The zero-order chi connectivity index (χ0) is 17.3. The van der Waals surface area contributed by atoms with Crippen LogP contribution in [0.4, 0.5) is 8.78 Å². The summed E-state index contributed by atoms with van der Waals surface area (Å²) in [6.07, 6.45) is 0.648. The number of hydrogen-bond acceptors (Lipinski definition) is 3. The van der Waals surface area contributed by atoms with Gasteiger partial charge in [0.25, 0.3) is 0 Å². The van der Waals surface area contributed by atoms with Gasteiger partial charge in [-0.15, -0.1) is 0 Å². The second kappa shape index (κ2) is 6.53. The second-order valence-electron chi connectivity index (χ2n) is 6.79. The largest absolute Gasteiger partial charge is 0.389 e. The third kappa shape index (κ3) is 3.87. The predicted molar refractivity (Wildman–Crippen MR) is 82.0 cm³/mol. The average molecular weight is 327 g/mol. The van der Waals surface area contributed by atoms with E-state index in [1.165, 1.54) is 17.0 Å². The molecule has 0 aromatic heterocycles. The Morgan fingerprint density at radius 2 is 1.96 bits per heavy atom. The number of rotatable bonds is 4. The summed E-state index contributed by atoms with van der Waals surface area (Å²) in [5.41, 5.74) is -1.96. The summed E-state index contributed by atoms with van der Waals surface area (Å²) >= 11 is 0. The summed E-state index contributed by atoms with van der Waals surface area (Å²) in [7, 11) is 1.58. The molecule has 0 spiro atoms. The number of halogens is 2. The molecule has 1 fully saturated rings. The van der Waals surface area contributed by atoms with Crippen molar-refractivity contribution in [2.45, 2.75) is 37.7 Å². The van der Waals surface area contributed by atoms with Crippen molar-refractivity contribution in [3.05, 3.63) is 35.4 Å². The quantitative estimate of drug-likeness (QED) is 0.923. The SMILES string of the molecule is CN(CC(C)(C)O)C(=O)C1(c2ccc(F)cc2F)CCOCC1. The molecule has 0 radical (unpaired) electrons. The topological polar surface area (TPSA) is 49.8 Å². The summed E-state index contributed by atoms with van der Waals surface area (Å²) in [6, 6.07) is 3.31. The van der Waals surface area contributed by atoms with E-state index < -0.39 is 22.7 Å². The molecule has 1 aliphatic rings. The molecule has 128 valence electrons. The molecule has 1 aromatic carbocycles. The van der Waals surface area contributed by atoms with Crippen LogP contribution in [-0.2, 0) is 14.9 Å². The highest BCUT2D eigenvalue weighted by atomic mass is 19.1. The first-order chi connectivity index (χ1) is 10.7. The molecule has 4 nitrogen and oxygen atoms in total. The van der Waals surface area contributed by atoms with Crippen molar-refractivity contribution in [1.82, 2.24) is 4.90 Å². The van der Waals surface area contributed by atoms with Gasteiger partial charge in [-0.3, -0.25) is 4.79 Å². The van der Waals surface area contributed by atoms with Gasteiger partial charge >= 0.3 is 0 Å². The Hall–Kier alpha value is -1.53. The van der Waals surface area contributed by atoms with E-state index in [0.717, 1.165) is 6.07 Å². The Morgan fingerprint density at radius 3 is 2.48 bits per heavy atom. The van der Waals surface area contributed by atoms with Crippen LogP contribution >= 0.6 is 0 Å². The van der Waals surface area contributed by atoms with Crippen molar-refractivity contribution >= 4 is 5.91 Å². The van der Waals surface area contributed by atoms with Crippen molar-refractivity contribution in [2.24, 2.45) is 0 Å². The molecule has 0 aliphatic carbocycles. The maximum absolute atomic E-state index is 14.3. The van der Waals surface area contributed by atoms with Crippen molar-refractivity contribution in [1.29, 1.82) is 0 Å². The highest BCUT2D eigenvalue weighted by Crippen LogP contribution is 2.38. The van der Waals surface area contributed by atoms with Crippen molar-refractivity contribution in [3.8, 4) is 0 Å². The van der Waals surface area contributed by atoms with Crippen LogP contribution in [0.2, 0.25) is 0 Å². The summed E-state index contributed by atoms with van der Waals surface area (Å²) in [6.45, 7) is 3.99. The number of likely N-dealkylation sites (N-methyl/N-ethyl adjacent to an activating group) is 1. The first-order valence-corrected chi connectivity index (χ1v) is 7.67. The Kier molecular flexibility index (Phi) is 5.06. The molecule has 6 heteroatoms. The van der Waals surface area contributed by atoms with Gasteiger partial charge in [-0.25, -0.2) is 8.78 Å². The Bertz CT molecular complexity index is 578. The molecule has 1 N–H and O–H groups in total. The van der Waals surface area contributed by atoms with E-state index in [2.05, 4.69) is 0 Å². The fraction of sp³-hybridized carbons (Fsp3) is 0.588. The summed E-state index contributed by atoms with van der Waals surface area (Å²) in [4.78, 5) is 14.4. The van der Waals surface area contributed by atoms with Gasteiger partial charge in [-0.1, -0.05) is 6.07 Å². The lowest BCUT2D eigenvalue weighted by atomic mass is 9.72. The van der Waals surface area contributed by atoms with E-state index in [4.69, 9.17) is 4.74 Å². The molecular formula is C17H23F2NO3. The van der Waals surface area contributed by atoms with Gasteiger partial charge in [0, 0.05) is 38.4 Å². The number of ether oxygens (including phenoxy) is 1. The lowest BCUT2D eigenvalue weighted by molar-refractivity contribution is -0.142. The molecule has 0 unspecified atom stereocenters. The van der Waals surface area contributed by atoms with Crippen LogP contribution in [-0.4, -0.2) is 48.3 Å². The highest BCUT2D eigenvalue weighted by molar-refractivity contribution is 5.88. The second-order valence-corrected chi connectivity index (χ2v) is 6.79. The van der Waals surface area contributed by atoms with Gasteiger partial charge in [0.1, 0.15) is 11.6 Å². The predicted octanol–water partition coefficient (Wildman–Crippen LogP) is 2.24. The number of amides is 1. The van der Waals surface area contributed by atoms with Crippen molar-refractivity contribution < 1.29 is 23.4 Å². The molecule has 0 saturated carbocycles. The summed E-state index contributed by atoms with van der Waals surface area (Å²) < 4.78 is 32.9. The lowest BCUT2D eigenvalue weighted by Crippen LogP contribution is -2.52. The van der Waals surface area contributed by atoms with Gasteiger partial charge in [-0.05, 0) is 32.8 Å². The van der Waals surface area contributed by atoms with E-state index >= 15 is 0 Å². The fourth-order valence-corrected chi connectivity index (χ4v) is 3.21. The third-order valence-electron chi connectivity index (χ3n) is 4.17. The summed E-state index contributed by atoms with van der Waals surface area (Å²) in [5, 5.41) is 9.94. The molecular weight excluding hydrogens is 304 g/mol. The molecule has 0 atom stereocenters. The lowest BCUT2D eigenvalue weighted by Gasteiger charge is -2.40. The minimum absolute atomic E-state index is 0.122. The van der Waals surface area contributed by atoms with Gasteiger partial charge in [0.05, 0.1) is 11.0 Å². The Labute approximate surface area is 135 Å². The Balaban J connectivity index is 2.41. The smallest absolute Gasteiger partial charge is 0.233 e. The van der Waals surface area contributed by atoms with Crippen LogP contribution in [0.5, 0.6) is 0 Å². The van der Waals surface area contributed by atoms with E-state index in [0.29, 0.717) is 26.1 Å². The van der Waals surface area contributed by atoms with Crippen LogP contribution in [0.3, 0.4) is 0 Å². The molecule has 23 heavy (non-hydrogen) atoms. The van der Waals surface area contributed by atoms with Crippen LogP contribution in [0.25, 0.3) is 0 Å². The number of aliphatic hydroxyl groups is 1. The van der Waals surface area contributed by atoms with E-state index in [1.807, 2.05) is 0 Å². The third-order valence-corrected chi connectivity index (χ3v) is 4.17. The number of hydrogen-bond donors (Lipinski definition) is 1. The number of benzene rings is 1. The highest BCUT2D eigenvalue weighted by Gasteiger charge is 2.45. The monoisotopic (exact) mass is 327 g/mol. The normalized spacial score (nSPS) is 17.8. The van der Waals surface area contributed by atoms with E-state index in [9.17, 15) is 18.7 Å². The molecule has 1 saturated heterocycles. The van der Waals surface area contributed by atoms with Crippen LogP contribution in [0, 0.1) is 11.6 Å². The molecule has 1 aliphatic heterocycles. The molecule has 2 rings (SSSR count). The first kappa shape index (κ1) is 17.8. The van der Waals surface area contributed by atoms with Gasteiger partial charge in [-0.2, -0.15) is 0 Å². The van der Waals surface area contributed by atoms with E-state index in [-0.39, 0.29) is 18.0 Å². The zero-order valence-electron chi connectivity index (χ0n) is 13.7. The molecule has 1 aromatic rings. The standard InChI is InChI=1S/C17H23F2NO3/c1-16(2,22)11-20(3)15(21)17(6-8-23-9-7-17)13-5-4-12(18)10-14(13)19/h4-5,10,22H,6-9,11H2,1-3H3. The minimum Gasteiger partial charge on any atom is -0.389 e. The van der Waals surface area contributed by atoms with Gasteiger partial charge < -0.3 is 14.7 Å². The number of carbonyl (C=O) groups is 1. The fourth-order valence-electron chi connectivity index (χ4n) is 3.21. The number of carbonyl (C=O) groups excluding carboxylic acids is 1. The Morgan fingerprint density at radius 1 is 1.35 bits per heavy atom. The van der Waals surface area contributed by atoms with Crippen molar-refractivity contribution in [2.75, 3.05) is 26.8 Å². The number of nitrogens with zero attached hydrogens (tertiary/aromatic N) is 1. The maximum atomic E-state index is 14.3. The minimum atomic E-state index is -1.09. The van der Waals surface area contributed by atoms with Crippen LogP contribution in [0.15, 0.2) is 18.2 Å². The van der Waals surface area contributed by atoms with Crippen LogP contribution < -0.4 is 0 Å². The van der Waals surface area contributed by atoms with Gasteiger partial charge in [0.15, 0.2) is 0 Å². The molecule has 1 amide bonds. The molecule has 1 heterocycles. The maximum Gasteiger partial charge on any atom is 0.233 e. The molecule has 0 bridgehead atoms. The van der Waals surface area contributed by atoms with E-state index in [1.54, 1.807) is 20.9 Å². The average Bonchev–Trinajstić information content (AvgIpc) is 2.45. The van der Waals surface area contributed by atoms with Gasteiger partial charge in [0.2, 0.25) is 5.91 Å².